The fraction of sp³-hybridized carbons (Fsp3) is 0.286. The largest absolute Gasteiger partial charge is 0.508 e. The van der Waals surface area contributed by atoms with Gasteiger partial charge < -0.3 is 15.7 Å². The molecule has 7 heteroatoms. The van der Waals surface area contributed by atoms with Gasteiger partial charge in [0, 0.05) is 44.5 Å². The van der Waals surface area contributed by atoms with Crippen molar-refractivity contribution in [3.8, 4) is 17.3 Å². The predicted octanol–water partition coefficient (Wildman–Crippen LogP) is 2.46. The number of nitrogens with zero attached hydrogens (tertiary/aromatic N) is 5. The van der Waals surface area contributed by atoms with E-state index >= 15 is 0 Å². The van der Waals surface area contributed by atoms with Crippen LogP contribution < -0.4 is 10.6 Å². The standard InChI is InChI=1S/C21H24N6O/c1-15-19(22)24-20(18-7-2-3-8-23-18)25-21(15)27-11-9-26(10-12-27)14-16-5-4-6-17(28)13-16/h2-8,13,28H,9-12,14H2,1H3,(H2,22,24,25). The van der Waals surface area contributed by atoms with E-state index in [1.807, 2.05) is 43.3 Å². The van der Waals surface area contributed by atoms with E-state index < -0.39 is 0 Å². The first kappa shape index (κ1) is 18.2. The van der Waals surface area contributed by atoms with Crippen LogP contribution in [0.3, 0.4) is 0 Å². The zero-order chi connectivity index (χ0) is 19.5. The van der Waals surface area contributed by atoms with Crippen LogP contribution in [0, 0.1) is 6.92 Å². The van der Waals surface area contributed by atoms with Gasteiger partial charge in [0.15, 0.2) is 5.82 Å². The van der Waals surface area contributed by atoms with E-state index in [1.54, 1.807) is 12.3 Å². The summed E-state index contributed by atoms with van der Waals surface area (Å²) >= 11 is 0. The van der Waals surface area contributed by atoms with Crippen LogP contribution in [0.4, 0.5) is 11.6 Å². The van der Waals surface area contributed by atoms with E-state index in [0.717, 1.165) is 55.4 Å². The molecule has 1 aliphatic heterocycles. The summed E-state index contributed by atoms with van der Waals surface area (Å²) < 4.78 is 0. The quantitative estimate of drug-likeness (QED) is 0.723. The molecule has 28 heavy (non-hydrogen) atoms. The van der Waals surface area contributed by atoms with Gasteiger partial charge in [0.05, 0.1) is 0 Å². The molecule has 0 saturated carbocycles. The topological polar surface area (TPSA) is 91.4 Å². The molecule has 0 amide bonds. The van der Waals surface area contributed by atoms with E-state index in [-0.39, 0.29) is 0 Å². The first-order valence-electron chi connectivity index (χ1n) is 9.41. The van der Waals surface area contributed by atoms with Gasteiger partial charge in [-0.2, -0.15) is 0 Å². The van der Waals surface area contributed by atoms with E-state index in [2.05, 4.69) is 19.8 Å². The normalized spacial score (nSPS) is 15.0. The minimum atomic E-state index is 0.310. The number of phenols is 1. The van der Waals surface area contributed by atoms with Crippen molar-refractivity contribution >= 4 is 11.6 Å². The summed E-state index contributed by atoms with van der Waals surface area (Å²) in [6.45, 7) is 6.34. The molecule has 2 aromatic heterocycles. The molecule has 3 aromatic rings. The van der Waals surface area contributed by atoms with Crippen molar-refractivity contribution in [2.45, 2.75) is 13.5 Å². The second-order valence-corrected chi connectivity index (χ2v) is 7.03. The molecule has 4 rings (SSSR count). The Morgan fingerprint density at radius 3 is 2.57 bits per heavy atom. The molecule has 1 saturated heterocycles. The average Bonchev–Trinajstić information content (AvgIpc) is 2.71. The third-order valence-electron chi connectivity index (χ3n) is 5.04. The lowest BCUT2D eigenvalue weighted by Crippen LogP contribution is -2.46. The Balaban J connectivity index is 1.49. The van der Waals surface area contributed by atoms with E-state index in [1.165, 1.54) is 0 Å². The maximum Gasteiger partial charge on any atom is 0.182 e. The van der Waals surface area contributed by atoms with Gasteiger partial charge in [-0.3, -0.25) is 9.88 Å². The van der Waals surface area contributed by atoms with Crippen LogP contribution in [0.2, 0.25) is 0 Å². The lowest BCUT2D eigenvalue weighted by Gasteiger charge is -2.36. The number of aromatic nitrogens is 3. The molecular formula is C21H24N6O. The van der Waals surface area contributed by atoms with Gasteiger partial charge in [-0.05, 0) is 36.8 Å². The Morgan fingerprint density at radius 2 is 1.86 bits per heavy atom. The Morgan fingerprint density at radius 1 is 1.04 bits per heavy atom. The zero-order valence-corrected chi connectivity index (χ0v) is 15.9. The molecule has 1 fully saturated rings. The van der Waals surface area contributed by atoms with Gasteiger partial charge in [0.1, 0.15) is 23.1 Å². The third kappa shape index (κ3) is 3.89. The number of benzene rings is 1. The highest BCUT2D eigenvalue weighted by atomic mass is 16.3. The minimum absolute atomic E-state index is 0.310. The lowest BCUT2D eigenvalue weighted by atomic mass is 10.2. The van der Waals surface area contributed by atoms with Crippen LogP contribution in [0.5, 0.6) is 5.75 Å². The molecule has 1 aromatic carbocycles. The highest BCUT2D eigenvalue weighted by Gasteiger charge is 2.22. The SMILES string of the molecule is Cc1c(N)nc(-c2ccccn2)nc1N1CCN(Cc2cccc(O)c2)CC1. The van der Waals surface area contributed by atoms with Crippen LogP contribution >= 0.6 is 0 Å². The summed E-state index contributed by atoms with van der Waals surface area (Å²) in [5, 5.41) is 9.65. The Labute approximate surface area is 164 Å². The third-order valence-corrected chi connectivity index (χ3v) is 5.04. The second-order valence-electron chi connectivity index (χ2n) is 7.03. The van der Waals surface area contributed by atoms with Gasteiger partial charge in [-0.25, -0.2) is 9.97 Å². The van der Waals surface area contributed by atoms with E-state index in [9.17, 15) is 5.11 Å². The van der Waals surface area contributed by atoms with Crippen molar-refractivity contribution in [1.29, 1.82) is 0 Å². The minimum Gasteiger partial charge on any atom is -0.508 e. The number of anilines is 2. The summed E-state index contributed by atoms with van der Waals surface area (Å²) in [5.74, 6) is 2.24. The molecule has 0 spiro atoms. The van der Waals surface area contributed by atoms with Crippen LogP contribution in [0.25, 0.3) is 11.5 Å². The lowest BCUT2D eigenvalue weighted by molar-refractivity contribution is 0.249. The summed E-state index contributed by atoms with van der Waals surface area (Å²) in [7, 11) is 0. The second kappa shape index (κ2) is 7.82. The molecule has 1 aliphatic rings. The van der Waals surface area contributed by atoms with E-state index in [0.29, 0.717) is 17.4 Å². The summed E-state index contributed by atoms with van der Waals surface area (Å²) in [6.07, 6.45) is 1.73. The van der Waals surface area contributed by atoms with Gasteiger partial charge in [-0.1, -0.05) is 18.2 Å². The molecular weight excluding hydrogens is 352 g/mol. The predicted molar refractivity (Wildman–Crippen MR) is 110 cm³/mol. The number of pyridine rings is 1. The summed E-state index contributed by atoms with van der Waals surface area (Å²) in [5.41, 5.74) is 8.91. The summed E-state index contributed by atoms with van der Waals surface area (Å²) in [4.78, 5) is 18.2. The molecule has 0 unspecified atom stereocenters. The number of aromatic hydroxyl groups is 1. The van der Waals surface area contributed by atoms with Gasteiger partial charge in [0.2, 0.25) is 0 Å². The van der Waals surface area contributed by atoms with Gasteiger partial charge in [-0.15, -0.1) is 0 Å². The number of nitrogen functional groups attached to an aromatic ring is 1. The van der Waals surface area contributed by atoms with Crippen molar-refractivity contribution in [1.82, 2.24) is 19.9 Å². The van der Waals surface area contributed by atoms with Gasteiger partial charge in [0.25, 0.3) is 0 Å². The van der Waals surface area contributed by atoms with E-state index in [4.69, 9.17) is 10.7 Å². The molecule has 0 atom stereocenters. The first-order valence-corrected chi connectivity index (χ1v) is 9.41. The number of hydrogen-bond acceptors (Lipinski definition) is 7. The average molecular weight is 376 g/mol. The van der Waals surface area contributed by atoms with Crippen LogP contribution in [-0.4, -0.2) is 51.1 Å². The maximum absolute atomic E-state index is 9.65. The van der Waals surface area contributed by atoms with Crippen LogP contribution in [-0.2, 0) is 6.54 Å². The number of hydrogen-bond donors (Lipinski definition) is 2. The smallest absolute Gasteiger partial charge is 0.182 e. The first-order chi connectivity index (χ1) is 13.6. The van der Waals surface area contributed by atoms with Crippen molar-refractivity contribution in [3.63, 3.8) is 0 Å². The highest BCUT2D eigenvalue weighted by molar-refractivity contribution is 5.63. The molecule has 0 bridgehead atoms. The van der Waals surface area contributed by atoms with Crippen molar-refractivity contribution < 1.29 is 5.11 Å². The van der Waals surface area contributed by atoms with Crippen molar-refractivity contribution in [2.24, 2.45) is 0 Å². The van der Waals surface area contributed by atoms with Crippen molar-refractivity contribution in [3.05, 3.63) is 59.8 Å². The summed E-state index contributed by atoms with van der Waals surface area (Å²) in [6, 6.07) is 13.1. The number of piperazine rings is 1. The Bertz CT molecular complexity index is 954. The molecule has 0 radical (unpaired) electrons. The number of nitrogens with two attached hydrogens (primary N) is 1. The molecule has 7 nitrogen and oxygen atoms in total. The highest BCUT2D eigenvalue weighted by Crippen LogP contribution is 2.26. The molecule has 3 heterocycles. The molecule has 144 valence electrons. The van der Waals surface area contributed by atoms with Crippen LogP contribution in [0.15, 0.2) is 48.7 Å². The molecule has 3 N–H and O–H groups in total. The zero-order valence-electron chi connectivity index (χ0n) is 15.9. The van der Waals surface area contributed by atoms with Gasteiger partial charge >= 0.3 is 0 Å². The number of phenolic OH excluding ortho intramolecular Hbond substituents is 1. The van der Waals surface area contributed by atoms with Crippen molar-refractivity contribution in [2.75, 3.05) is 36.8 Å². The maximum atomic E-state index is 9.65. The number of rotatable bonds is 4. The Hall–Kier alpha value is -3.19. The fourth-order valence-corrected chi connectivity index (χ4v) is 3.47. The molecule has 0 aliphatic carbocycles. The monoisotopic (exact) mass is 376 g/mol. The Kier molecular flexibility index (Phi) is 5.08. The van der Waals surface area contributed by atoms with Crippen LogP contribution in [0.1, 0.15) is 11.1 Å². The fourth-order valence-electron chi connectivity index (χ4n) is 3.47.